The summed E-state index contributed by atoms with van der Waals surface area (Å²) in [6.07, 6.45) is 3.34. The predicted molar refractivity (Wildman–Crippen MR) is 106 cm³/mol. The van der Waals surface area contributed by atoms with Gasteiger partial charge in [-0.15, -0.1) is 0 Å². The Kier molecular flexibility index (Phi) is 8.91. The third kappa shape index (κ3) is 8.19. The largest absolute Gasteiger partial charge is 0.495 e. The number of carbonyl (C=O) groups is 2. The van der Waals surface area contributed by atoms with E-state index in [0.717, 1.165) is 25.7 Å². The van der Waals surface area contributed by atoms with Gasteiger partial charge in [0.15, 0.2) is 0 Å². The van der Waals surface area contributed by atoms with Gasteiger partial charge in [0.2, 0.25) is 0 Å². The summed E-state index contributed by atoms with van der Waals surface area (Å²) in [5.74, 6) is 0.318. The van der Waals surface area contributed by atoms with Gasteiger partial charge >= 0.3 is 12.1 Å². The lowest BCUT2D eigenvalue weighted by atomic mass is 10.1. The molecule has 0 unspecified atom stereocenters. The van der Waals surface area contributed by atoms with Crippen molar-refractivity contribution in [1.82, 2.24) is 0 Å². The van der Waals surface area contributed by atoms with Crippen LogP contribution in [0.2, 0.25) is 0 Å². The molecule has 0 saturated heterocycles. The summed E-state index contributed by atoms with van der Waals surface area (Å²) < 4.78 is 15.4. The number of esters is 1. The zero-order valence-electron chi connectivity index (χ0n) is 17.0. The molecule has 0 aromatic heterocycles. The molecule has 152 valence electrons. The van der Waals surface area contributed by atoms with Crippen molar-refractivity contribution in [1.29, 1.82) is 0 Å². The van der Waals surface area contributed by atoms with Crippen LogP contribution in [-0.4, -0.2) is 38.4 Å². The van der Waals surface area contributed by atoms with Crippen LogP contribution in [0.5, 0.6) is 5.75 Å². The van der Waals surface area contributed by atoms with Crippen molar-refractivity contribution in [2.75, 3.05) is 31.4 Å². The number of methoxy groups -OCH3 is 2. The van der Waals surface area contributed by atoms with E-state index in [1.165, 1.54) is 14.2 Å². The Morgan fingerprint density at radius 2 is 1.74 bits per heavy atom. The van der Waals surface area contributed by atoms with Crippen molar-refractivity contribution in [2.45, 2.75) is 58.5 Å². The number of hydrogen-bond acceptors (Lipinski definition) is 6. The maximum atomic E-state index is 12.7. The smallest absolute Gasteiger partial charge is 0.414 e. The van der Waals surface area contributed by atoms with Crippen LogP contribution < -0.4 is 15.4 Å². The molecule has 0 bridgehead atoms. The van der Waals surface area contributed by atoms with Gasteiger partial charge in [-0.2, -0.15) is 0 Å². The van der Waals surface area contributed by atoms with Gasteiger partial charge in [-0.05, 0) is 45.7 Å². The molecule has 7 nitrogen and oxygen atoms in total. The fraction of sp³-hybridized carbons (Fsp3) is 0.600. The molecule has 1 aromatic carbocycles. The summed E-state index contributed by atoms with van der Waals surface area (Å²) in [5, 5.41) is 0. The third-order valence-corrected chi connectivity index (χ3v) is 3.88. The summed E-state index contributed by atoms with van der Waals surface area (Å²) >= 11 is 0. The molecule has 0 atom stereocenters. The molecule has 0 radical (unpaired) electrons. The average molecular weight is 380 g/mol. The summed E-state index contributed by atoms with van der Waals surface area (Å²) in [4.78, 5) is 25.4. The second-order valence-corrected chi connectivity index (χ2v) is 7.30. The van der Waals surface area contributed by atoms with Gasteiger partial charge in [0, 0.05) is 19.0 Å². The first-order chi connectivity index (χ1) is 12.7. The van der Waals surface area contributed by atoms with Crippen LogP contribution in [0.15, 0.2) is 18.2 Å². The number of hydrogen-bond donors (Lipinski definition) is 1. The second-order valence-electron chi connectivity index (χ2n) is 7.30. The number of benzene rings is 1. The Labute approximate surface area is 161 Å². The summed E-state index contributed by atoms with van der Waals surface area (Å²) in [6.45, 7) is 6.00. The van der Waals surface area contributed by atoms with E-state index >= 15 is 0 Å². The molecule has 0 spiro atoms. The first-order valence-corrected chi connectivity index (χ1v) is 9.18. The highest BCUT2D eigenvalue weighted by atomic mass is 16.6. The Morgan fingerprint density at radius 1 is 1.07 bits per heavy atom. The van der Waals surface area contributed by atoms with Crippen molar-refractivity contribution in [2.24, 2.45) is 0 Å². The van der Waals surface area contributed by atoms with E-state index in [2.05, 4.69) is 4.74 Å². The minimum absolute atomic E-state index is 0.195. The average Bonchev–Trinajstić information content (AvgIpc) is 2.60. The number of nitrogens with zero attached hydrogens (tertiary/aromatic N) is 1. The van der Waals surface area contributed by atoms with Crippen LogP contribution in [0.3, 0.4) is 0 Å². The zero-order chi connectivity index (χ0) is 20.4. The fourth-order valence-electron chi connectivity index (χ4n) is 2.51. The van der Waals surface area contributed by atoms with Gasteiger partial charge < -0.3 is 19.9 Å². The minimum atomic E-state index is -0.590. The molecule has 0 aliphatic rings. The lowest BCUT2D eigenvalue weighted by Crippen LogP contribution is -2.37. The predicted octanol–water partition coefficient (Wildman–Crippen LogP) is 4.14. The van der Waals surface area contributed by atoms with Crippen LogP contribution >= 0.6 is 0 Å². The monoisotopic (exact) mass is 380 g/mol. The van der Waals surface area contributed by atoms with E-state index < -0.39 is 11.7 Å². The van der Waals surface area contributed by atoms with Gasteiger partial charge in [-0.3, -0.25) is 9.69 Å². The normalized spacial score (nSPS) is 11.0. The molecule has 0 aliphatic carbocycles. The Bertz CT molecular complexity index is 625. The number of unbranched alkanes of at least 4 members (excludes halogenated alkanes) is 3. The van der Waals surface area contributed by atoms with Gasteiger partial charge in [-0.1, -0.05) is 12.8 Å². The Morgan fingerprint density at radius 3 is 2.33 bits per heavy atom. The minimum Gasteiger partial charge on any atom is -0.495 e. The third-order valence-electron chi connectivity index (χ3n) is 3.88. The van der Waals surface area contributed by atoms with Crippen molar-refractivity contribution in [3.8, 4) is 5.75 Å². The molecule has 0 saturated carbocycles. The maximum absolute atomic E-state index is 12.7. The molecule has 2 N–H and O–H groups in total. The molecule has 1 rings (SSSR count). The molecule has 0 fully saturated rings. The number of nitrogen functional groups attached to an aromatic ring is 1. The van der Waals surface area contributed by atoms with Crippen molar-refractivity contribution in [3.05, 3.63) is 18.2 Å². The van der Waals surface area contributed by atoms with E-state index in [1.54, 1.807) is 23.1 Å². The van der Waals surface area contributed by atoms with Crippen LogP contribution in [0.1, 0.15) is 52.9 Å². The van der Waals surface area contributed by atoms with E-state index in [0.29, 0.717) is 30.1 Å². The fourth-order valence-corrected chi connectivity index (χ4v) is 2.51. The SMILES string of the molecule is COC(=O)CCCCCCN(C(=O)OC(C)(C)C)c1ccc(N)c(OC)c1. The first-order valence-electron chi connectivity index (χ1n) is 9.18. The summed E-state index contributed by atoms with van der Waals surface area (Å²) in [6, 6.07) is 5.22. The molecule has 1 amide bonds. The highest BCUT2D eigenvalue weighted by molar-refractivity contribution is 5.88. The van der Waals surface area contributed by atoms with Crippen molar-refractivity contribution in [3.63, 3.8) is 0 Å². The van der Waals surface area contributed by atoms with Crippen LogP contribution in [0.4, 0.5) is 16.2 Å². The van der Waals surface area contributed by atoms with E-state index in [1.807, 2.05) is 20.8 Å². The van der Waals surface area contributed by atoms with E-state index in [-0.39, 0.29) is 5.97 Å². The first kappa shape index (κ1) is 22.6. The van der Waals surface area contributed by atoms with Gasteiger partial charge in [0.05, 0.1) is 25.6 Å². The van der Waals surface area contributed by atoms with Crippen LogP contribution in [0.25, 0.3) is 0 Å². The molecular formula is C20H32N2O5. The van der Waals surface area contributed by atoms with Crippen molar-refractivity contribution >= 4 is 23.4 Å². The highest BCUT2D eigenvalue weighted by Gasteiger charge is 2.23. The van der Waals surface area contributed by atoms with Crippen LogP contribution in [-0.2, 0) is 14.3 Å². The number of anilines is 2. The maximum Gasteiger partial charge on any atom is 0.414 e. The number of carbonyl (C=O) groups excluding carboxylic acids is 2. The number of nitrogens with two attached hydrogens (primary N) is 1. The number of ether oxygens (including phenoxy) is 3. The standard InChI is InChI=1S/C20H32N2O5/c1-20(2,3)27-19(24)22(13-9-7-6-8-10-18(23)26-5)15-11-12-16(21)17(14-15)25-4/h11-12,14H,6-10,13,21H2,1-5H3. The topological polar surface area (TPSA) is 91.1 Å². The Hall–Kier alpha value is -2.44. The second kappa shape index (κ2) is 10.6. The molecule has 0 aliphatic heterocycles. The molecule has 0 heterocycles. The molecule has 27 heavy (non-hydrogen) atoms. The van der Waals surface area contributed by atoms with Crippen molar-refractivity contribution < 1.29 is 23.8 Å². The summed E-state index contributed by atoms with van der Waals surface area (Å²) in [7, 11) is 2.93. The molecule has 7 heteroatoms. The Balaban J connectivity index is 2.74. The molecule has 1 aromatic rings. The number of amides is 1. The van der Waals surface area contributed by atoms with Gasteiger partial charge in [0.25, 0.3) is 0 Å². The highest BCUT2D eigenvalue weighted by Crippen LogP contribution is 2.28. The zero-order valence-corrected chi connectivity index (χ0v) is 17.0. The number of rotatable bonds is 9. The van der Waals surface area contributed by atoms with Gasteiger partial charge in [-0.25, -0.2) is 4.79 Å². The van der Waals surface area contributed by atoms with E-state index in [9.17, 15) is 9.59 Å². The lowest BCUT2D eigenvalue weighted by Gasteiger charge is -2.28. The molecular weight excluding hydrogens is 348 g/mol. The van der Waals surface area contributed by atoms with Crippen LogP contribution in [0, 0.1) is 0 Å². The quantitative estimate of drug-likeness (QED) is 0.393. The van der Waals surface area contributed by atoms with Gasteiger partial charge in [0.1, 0.15) is 11.4 Å². The van der Waals surface area contributed by atoms with E-state index in [4.69, 9.17) is 15.2 Å². The lowest BCUT2D eigenvalue weighted by molar-refractivity contribution is -0.140. The summed E-state index contributed by atoms with van der Waals surface area (Å²) in [5.41, 5.74) is 6.46.